The minimum absolute atomic E-state index is 0.693. The molecule has 0 bridgehead atoms. The van der Waals surface area contributed by atoms with Crippen LogP contribution in [0, 0.1) is 0 Å². The standard InChI is InChI=1S/C36H22N6O/c1-2-9-23(10-3-1)27-21-38(22-37-27)24-19-40-29-13-8-14-30-33(29)36(41(40)20-24)34-31(43-30)17-16-26-25-11-4-5-12-28(25)42(35(26)34)32-15-6-7-18-39(32)36/h1-22H/q+2. The van der Waals surface area contributed by atoms with E-state index in [4.69, 9.17) is 9.72 Å². The fourth-order valence-corrected chi connectivity index (χ4v) is 7.76. The molecule has 1 unspecified atom stereocenters. The van der Waals surface area contributed by atoms with Crippen LogP contribution in [0.25, 0.3) is 50.3 Å². The van der Waals surface area contributed by atoms with Gasteiger partial charge in [0, 0.05) is 28.6 Å². The lowest BCUT2D eigenvalue weighted by Crippen LogP contribution is -2.76. The predicted molar refractivity (Wildman–Crippen MR) is 161 cm³/mol. The van der Waals surface area contributed by atoms with E-state index < -0.39 is 5.66 Å². The summed E-state index contributed by atoms with van der Waals surface area (Å²) in [5.41, 5.74) is 8.14. The topological polar surface area (TPSA) is 44.7 Å². The molecule has 7 nitrogen and oxygen atoms in total. The average Bonchev–Trinajstić information content (AvgIpc) is 3.84. The molecule has 11 rings (SSSR count). The molecule has 7 heterocycles. The van der Waals surface area contributed by atoms with Crippen molar-refractivity contribution in [3.8, 4) is 39.9 Å². The number of aromatic nitrogens is 6. The number of ether oxygens (including phenoxy) is 1. The Labute approximate surface area is 245 Å². The molecule has 0 radical (unpaired) electrons. The zero-order valence-electron chi connectivity index (χ0n) is 22.8. The quantitative estimate of drug-likeness (QED) is 0.245. The van der Waals surface area contributed by atoms with Crippen molar-refractivity contribution in [2.45, 2.75) is 5.66 Å². The van der Waals surface area contributed by atoms with Gasteiger partial charge in [0.25, 0.3) is 5.82 Å². The molecule has 0 aliphatic carbocycles. The van der Waals surface area contributed by atoms with Crippen LogP contribution in [-0.4, -0.2) is 18.8 Å². The van der Waals surface area contributed by atoms with Crippen molar-refractivity contribution in [2.75, 3.05) is 0 Å². The first kappa shape index (κ1) is 21.8. The maximum absolute atomic E-state index is 6.74. The second-order valence-electron chi connectivity index (χ2n) is 11.4. The van der Waals surface area contributed by atoms with E-state index >= 15 is 0 Å². The van der Waals surface area contributed by atoms with Crippen molar-refractivity contribution in [1.29, 1.82) is 0 Å². The van der Waals surface area contributed by atoms with E-state index in [0.717, 1.165) is 51.1 Å². The molecule has 8 aromatic rings. The molecular weight excluding hydrogens is 532 g/mol. The Morgan fingerprint density at radius 1 is 0.721 bits per heavy atom. The summed E-state index contributed by atoms with van der Waals surface area (Å²) in [6.07, 6.45) is 10.7. The van der Waals surface area contributed by atoms with Crippen molar-refractivity contribution in [3.63, 3.8) is 0 Å². The zero-order chi connectivity index (χ0) is 27.9. The lowest BCUT2D eigenvalue weighted by atomic mass is 9.84. The summed E-state index contributed by atoms with van der Waals surface area (Å²) in [4.78, 5) is 4.75. The molecule has 0 fully saturated rings. The lowest BCUT2D eigenvalue weighted by Gasteiger charge is -2.32. The van der Waals surface area contributed by atoms with E-state index in [9.17, 15) is 0 Å². The number of pyridine rings is 1. The highest BCUT2D eigenvalue weighted by Gasteiger charge is 2.68. The first-order valence-corrected chi connectivity index (χ1v) is 14.5. The van der Waals surface area contributed by atoms with E-state index in [-0.39, 0.29) is 0 Å². The lowest BCUT2D eigenvalue weighted by molar-refractivity contribution is -0.993. The van der Waals surface area contributed by atoms with Crippen molar-refractivity contribution < 1.29 is 14.0 Å². The van der Waals surface area contributed by atoms with Crippen LogP contribution in [-0.2, 0) is 5.66 Å². The zero-order valence-corrected chi connectivity index (χ0v) is 22.8. The number of fused-ring (bicyclic) bond motifs is 7. The number of hydrogen-bond acceptors (Lipinski definition) is 2. The molecule has 43 heavy (non-hydrogen) atoms. The first-order valence-electron chi connectivity index (χ1n) is 14.5. The van der Waals surface area contributed by atoms with Gasteiger partial charge in [0.15, 0.2) is 11.1 Å². The Hall–Kier alpha value is -5.95. The minimum atomic E-state index is -0.693. The third kappa shape index (κ3) is 2.40. The van der Waals surface area contributed by atoms with Gasteiger partial charge in [-0.25, -0.2) is 4.98 Å². The number of nitrogens with zero attached hydrogens (tertiary/aromatic N) is 6. The number of hydrogen-bond donors (Lipinski definition) is 0. The summed E-state index contributed by atoms with van der Waals surface area (Å²) in [5.74, 6) is 2.86. The molecular formula is C36H22N6O+2. The van der Waals surface area contributed by atoms with Crippen LogP contribution in [0.4, 0.5) is 0 Å². The maximum atomic E-state index is 6.74. The van der Waals surface area contributed by atoms with E-state index in [1.165, 1.54) is 21.8 Å². The van der Waals surface area contributed by atoms with Gasteiger partial charge in [-0.05, 0) is 42.5 Å². The normalized spacial score (nSPS) is 16.7. The molecule has 3 aliphatic heterocycles. The Kier molecular flexibility index (Phi) is 3.68. The summed E-state index contributed by atoms with van der Waals surface area (Å²) in [6, 6.07) is 36.2. The fraction of sp³-hybridized carbons (Fsp3) is 0.0278. The third-order valence-electron chi connectivity index (χ3n) is 9.41. The highest BCUT2D eigenvalue weighted by atomic mass is 16.5. The summed E-state index contributed by atoms with van der Waals surface area (Å²) in [7, 11) is 0. The van der Waals surface area contributed by atoms with E-state index in [1.807, 2.05) is 24.5 Å². The van der Waals surface area contributed by atoms with Gasteiger partial charge < -0.3 is 4.74 Å². The van der Waals surface area contributed by atoms with Crippen LogP contribution in [0.5, 0.6) is 11.5 Å². The van der Waals surface area contributed by atoms with Crippen LogP contribution in [0.15, 0.2) is 134 Å². The maximum Gasteiger partial charge on any atom is 0.397 e. The van der Waals surface area contributed by atoms with Crippen LogP contribution in [0.1, 0.15) is 11.1 Å². The van der Waals surface area contributed by atoms with Crippen LogP contribution < -0.4 is 14.0 Å². The molecule has 0 amide bonds. The van der Waals surface area contributed by atoms with Crippen molar-refractivity contribution in [2.24, 2.45) is 0 Å². The van der Waals surface area contributed by atoms with Crippen LogP contribution >= 0.6 is 0 Å². The van der Waals surface area contributed by atoms with Gasteiger partial charge in [-0.15, -0.1) is 4.68 Å². The van der Waals surface area contributed by atoms with Gasteiger partial charge in [0.2, 0.25) is 6.20 Å². The summed E-state index contributed by atoms with van der Waals surface area (Å²) in [6.45, 7) is 0. The van der Waals surface area contributed by atoms with Crippen LogP contribution in [0.3, 0.4) is 0 Å². The molecule has 3 aliphatic rings. The van der Waals surface area contributed by atoms with Crippen LogP contribution in [0.2, 0.25) is 0 Å². The Morgan fingerprint density at radius 3 is 2.53 bits per heavy atom. The SMILES string of the molecule is c1ccc(-c2cn(-c3cn4[n+](c3)C35c6c(cccc6-4)Oc4ccc6c7ccccc7n(c6c43)-c3cccc[n+]35)cn2)cc1. The fourth-order valence-electron chi connectivity index (χ4n) is 7.76. The number of benzene rings is 4. The Balaban J connectivity index is 1.28. The molecule has 1 atom stereocenters. The van der Waals surface area contributed by atoms with Gasteiger partial charge in [-0.1, -0.05) is 59.3 Å². The highest BCUT2D eigenvalue weighted by Crippen LogP contribution is 2.55. The molecule has 4 aromatic carbocycles. The summed E-state index contributed by atoms with van der Waals surface area (Å²) >= 11 is 0. The van der Waals surface area contributed by atoms with E-state index in [2.05, 4.69) is 133 Å². The van der Waals surface area contributed by atoms with Gasteiger partial charge in [0.05, 0.1) is 18.1 Å². The number of imidazole rings is 1. The van der Waals surface area contributed by atoms with Gasteiger partial charge >= 0.3 is 5.66 Å². The van der Waals surface area contributed by atoms with Gasteiger partial charge in [-0.3, -0.25) is 4.57 Å². The smallest absolute Gasteiger partial charge is 0.397 e. The molecule has 0 saturated carbocycles. The molecule has 200 valence electrons. The predicted octanol–water partition coefficient (Wildman–Crippen LogP) is 6.03. The first-order chi connectivity index (χ1) is 21.3. The monoisotopic (exact) mass is 554 g/mol. The number of rotatable bonds is 2. The van der Waals surface area contributed by atoms with Crippen molar-refractivity contribution >= 4 is 21.8 Å². The molecule has 7 heteroatoms. The molecule has 0 N–H and O–H groups in total. The molecule has 1 spiro atoms. The largest absolute Gasteiger partial charge is 0.456 e. The highest BCUT2D eigenvalue weighted by molar-refractivity contribution is 6.11. The second-order valence-corrected chi connectivity index (χ2v) is 11.4. The van der Waals surface area contributed by atoms with Crippen molar-refractivity contribution in [1.82, 2.24) is 18.8 Å². The summed E-state index contributed by atoms with van der Waals surface area (Å²) in [5, 5.41) is 2.46. The van der Waals surface area contributed by atoms with Crippen molar-refractivity contribution in [3.05, 3.63) is 145 Å². The molecule has 4 aromatic heterocycles. The van der Waals surface area contributed by atoms with E-state index in [1.54, 1.807) is 0 Å². The van der Waals surface area contributed by atoms with E-state index in [0.29, 0.717) is 0 Å². The number of para-hydroxylation sites is 1. The Bertz CT molecular complexity index is 2500. The molecule has 0 saturated heterocycles. The Morgan fingerprint density at radius 2 is 1.58 bits per heavy atom. The second kappa shape index (κ2) is 7.27. The third-order valence-corrected chi connectivity index (χ3v) is 9.41. The average molecular weight is 555 g/mol. The van der Waals surface area contributed by atoms with Gasteiger partial charge in [-0.2, -0.15) is 9.13 Å². The van der Waals surface area contributed by atoms with Gasteiger partial charge in [0.1, 0.15) is 40.3 Å². The minimum Gasteiger partial charge on any atom is -0.456 e. The summed E-state index contributed by atoms with van der Waals surface area (Å²) < 4.78 is 18.3.